The summed E-state index contributed by atoms with van der Waals surface area (Å²) in [6, 6.07) is 14.7. The van der Waals surface area contributed by atoms with Crippen molar-refractivity contribution in [2.24, 2.45) is 0 Å². The van der Waals surface area contributed by atoms with Gasteiger partial charge in [-0.1, -0.05) is 24.3 Å². The molecule has 1 aliphatic heterocycles. The van der Waals surface area contributed by atoms with Crippen molar-refractivity contribution < 1.29 is 9.18 Å². The van der Waals surface area contributed by atoms with Crippen LogP contribution in [0.25, 0.3) is 5.69 Å². The Labute approximate surface area is 195 Å². The van der Waals surface area contributed by atoms with E-state index in [1.54, 1.807) is 16.8 Å². The number of rotatable bonds is 7. The summed E-state index contributed by atoms with van der Waals surface area (Å²) in [6.07, 6.45) is 0.264. The topological polar surface area (TPSA) is 53.4 Å². The predicted molar refractivity (Wildman–Crippen MR) is 128 cm³/mol. The molecule has 1 N–H and O–H groups in total. The Morgan fingerprint density at radius 2 is 1.73 bits per heavy atom. The SMILES string of the molecule is Cc1nn(-c2ccc(F)cc2)c(C)c1CC(=O)NCc1cccc(CN2CCN(C)CC2)c1. The molecule has 6 nitrogen and oxygen atoms in total. The Morgan fingerprint density at radius 3 is 2.45 bits per heavy atom. The van der Waals surface area contributed by atoms with Crippen molar-refractivity contribution in [3.8, 4) is 5.69 Å². The van der Waals surface area contributed by atoms with Gasteiger partial charge < -0.3 is 10.2 Å². The number of carbonyl (C=O) groups is 1. The molecule has 174 valence electrons. The van der Waals surface area contributed by atoms with E-state index >= 15 is 0 Å². The molecule has 1 fully saturated rings. The summed E-state index contributed by atoms with van der Waals surface area (Å²) in [4.78, 5) is 17.5. The molecule has 1 aromatic heterocycles. The van der Waals surface area contributed by atoms with E-state index in [0.29, 0.717) is 6.54 Å². The third-order valence-corrected chi connectivity index (χ3v) is 6.33. The highest BCUT2D eigenvalue weighted by atomic mass is 19.1. The molecule has 33 heavy (non-hydrogen) atoms. The van der Waals surface area contributed by atoms with Gasteiger partial charge in [0, 0.05) is 50.5 Å². The van der Waals surface area contributed by atoms with Gasteiger partial charge in [0.25, 0.3) is 0 Å². The molecule has 0 saturated carbocycles. The fourth-order valence-electron chi connectivity index (χ4n) is 4.29. The molecule has 0 unspecified atom stereocenters. The molecule has 1 aliphatic rings. The lowest BCUT2D eigenvalue weighted by Gasteiger charge is -2.32. The van der Waals surface area contributed by atoms with Gasteiger partial charge in [0.2, 0.25) is 5.91 Å². The monoisotopic (exact) mass is 449 g/mol. The van der Waals surface area contributed by atoms with Crippen LogP contribution < -0.4 is 5.32 Å². The number of carbonyl (C=O) groups excluding carboxylic acids is 1. The van der Waals surface area contributed by atoms with Crippen molar-refractivity contribution in [2.75, 3.05) is 33.2 Å². The molecule has 7 heteroatoms. The fraction of sp³-hybridized carbons (Fsp3) is 0.385. The summed E-state index contributed by atoms with van der Waals surface area (Å²) < 4.78 is 15.0. The molecule has 0 bridgehead atoms. The van der Waals surface area contributed by atoms with Crippen LogP contribution in [-0.2, 0) is 24.3 Å². The van der Waals surface area contributed by atoms with E-state index < -0.39 is 0 Å². The van der Waals surface area contributed by atoms with Crippen LogP contribution in [0.5, 0.6) is 0 Å². The maximum absolute atomic E-state index is 13.3. The first-order valence-electron chi connectivity index (χ1n) is 11.5. The Kier molecular flexibility index (Phi) is 7.20. The second-order valence-electron chi connectivity index (χ2n) is 8.89. The van der Waals surface area contributed by atoms with E-state index in [2.05, 4.69) is 51.5 Å². The first-order chi connectivity index (χ1) is 15.9. The van der Waals surface area contributed by atoms with Crippen molar-refractivity contribution in [1.29, 1.82) is 0 Å². The highest BCUT2D eigenvalue weighted by Crippen LogP contribution is 2.19. The highest BCUT2D eigenvalue weighted by molar-refractivity contribution is 5.79. The predicted octanol–water partition coefficient (Wildman–Crippen LogP) is 3.23. The van der Waals surface area contributed by atoms with Gasteiger partial charge in [0.1, 0.15) is 5.82 Å². The van der Waals surface area contributed by atoms with Crippen LogP contribution in [0.15, 0.2) is 48.5 Å². The Morgan fingerprint density at radius 1 is 1.03 bits per heavy atom. The number of halogens is 1. The number of aromatic nitrogens is 2. The van der Waals surface area contributed by atoms with E-state index in [9.17, 15) is 9.18 Å². The fourth-order valence-corrected chi connectivity index (χ4v) is 4.29. The summed E-state index contributed by atoms with van der Waals surface area (Å²) in [7, 11) is 2.16. The molecule has 1 saturated heterocycles. The minimum Gasteiger partial charge on any atom is -0.352 e. The highest BCUT2D eigenvalue weighted by Gasteiger charge is 2.17. The zero-order chi connectivity index (χ0) is 23.4. The van der Waals surface area contributed by atoms with Gasteiger partial charge in [-0.25, -0.2) is 9.07 Å². The van der Waals surface area contributed by atoms with Crippen molar-refractivity contribution in [1.82, 2.24) is 24.9 Å². The number of piperazine rings is 1. The molecule has 0 aliphatic carbocycles. The van der Waals surface area contributed by atoms with Gasteiger partial charge in [-0.3, -0.25) is 9.69 Å². The van der Waals surface area contributed by atoms with Crippen LogP contribution in [0.3, 0.4) is 0 Å². The van der Waals surface area contributed by atoms with Crippen LogP contribution in [-0.4, -0.2) is 58.7 Å². The van der Waals surface area contributed by atoms with Gasteiger partial charge >= 0.3 is 0 Å². The van der Waals surface area contributed by atoms with Crippen molar-refractivity contribution in [3.63, 3.8) is 0 Å². The summed E-state index contributed by atoms with van der Waals surface area (Å²) in [5.74, 6) is -0.322. The number of hydrogen-bond donors (Lipinski definition) is 1. The van der Waals surface area contributed by atoms with Crippen molar-refractivity contribution in [2.45, 2.75) is 33.4 Å². The molecule has 0 spiro atoms. The number of benzene rings is 2. The third kappa shape index (κ3) is 5.86. The smallest absolute Gasteiger partial charge is 0.224 e. The lowest BCUT2D eigenvalue weighted by atomic mass is 10.1. The number of likely N-dealkylation sites (N-methyl/N-ethyl adjacent to an activating group) is 1. The average molecular weight is 450 g/mol. The molecular formula is C26H32FN5O. The lowest BCUT2D eigenvalue weighted by molar-refractivity contribution is -0.120. The summed E-state index contributed by atoms with van der Waals surface area (Å²) >= 11 is 0. The second-order valence-corrected chi connectivity index (χ2v) is 8.89. The molecule has 0 atom stereocenters. The molecule has 1 amide bonds. The second kappa shape index (κ2) is 10.3. The lowest BCUT2D eigenvalue weighted by Crippen LogP contribution is -2.43. The molecule has 2 heterocycles. The minimum absolute atomic E-state index is 0.0377. The summed E-state index contributed by atoms with van der Waals surface area (Å²) in [5, 5.41) is 7.61. The van der Waals surface area contributed by atoms with E-state index in [1.807, 2.05) is 13.8 Å². The van der Waals surface area contributed by atoms with Gasteiger partial charge in [0.05, 0.1) is 17.8 Å². The molecular weight excluding hydrogens is 417 g/mol. The Balaban J connectivity index is 1.35. The van der Waals surface area contributed by atoms with Crippen LogP contribution >= 0.6 is 0 Å². The molecule has 4 rings (SSSR count). The van der Waals surface area contributed by atoms with Gasteiger partial charge in [-0.15, -0.1) is 0 Å². The van der Waals surface area contributed by atoms with E-state index in [0.717, 1.165) is 60.9 Å². The van der Waals surface area contributed by atoms with Crippen LogP contribution in [0.2, 0.25) is 0 Å². The third-order valence-electron chi connectivity index (χ3n) is 6.33. The van der Waals surface area contributed by atoms with Crippen LogP contribution in [0.1, 0.15) is 28.1 Å². The Hall–Kier alpha value is -3.03. The quantitative estimate of drug-likeness (QED) is 0.602. The van der Waals surface area contributed by atoms with Gasteiger partial charge in [-0.05, 0) is 56.3 Å². The standard InChI is InChI=1S/C26H32FN5O/c1-19-25(20(2)32(29-19)24-9-7-23(27)8-10-24)16-26(33)28-17-21-5-4-6-22(15-21)18-31-13-11-30(3)12-14-31/h4-10,15H,11-14,16-18H2,1-3H3,(H,28,33). The van der Waals surface area contributed by atoms with E-state index in [1.165, 1.54) is 17.7 Å². The number of aryl methyl sites for hydroxylation is 1. The Bertz CT molecular complexity index is 1100. The number of amides is 1. The number of nitrogens with zero attached hydrogens (tertiary/aromatic N) is 4. The number of nitrogens with one attached hydrogen (secondary N) is 1. The van der Waals surface area contributed by atoms with Crippen LogP contribution in [0.4, 0.5) is 4.39 Å². The molecule has 0 radical (unpaired) electrons. The minimum atomic E-state index is -0.285. The van der Waals surface area contributed by atoms with Crippen molar-refractivity contribution in [3.05, 3.63) is 82.4 Å². The normalized spacial score (nSPS) is 15.0. The summed E-state index contributed by atoms with van der Waals surface area (Å²) in [6.45, 7) is 9.66. The molecule has 2 aromatic carbocycles. The van der Waals surface area contributed by atoms with Gasteiger partial charge in [0.15, 0.2) is 0 Å². The largest absolute Gasteiger partial charge is 0.352 e. The molecule has 3 aromatic rings. The maximum Gasteiger partial charge on any atom is 0.224 e. The van der Waals surface area contributed by atoms with Crippen molar-refractivity contribution >= 4 is 5.91 Å². The van der Waals surface area contributed by atoms with Gasteiger partial charge in [-0.2, -0.15) is 5.10 Å². The number of hydrogen-bond acceptors (Lipinski definition) is 4. The van der Waals surface area contributed by atoms with E-state index in [-0.39, 0.29) is 18.1 Å². The average Bonchev–Trinajstić information content (AvgIpc) is 3.08. The van der Waals surface area contributed by atoms with E-state index in [4.69, 9.17) is 0 Å². The first-order valence-corrected chi connectivity index (χ1v) is 11.5. The zero-order valence-electron chi connectivity index (χ0n) is 19.6. The zero-order valence-corrected chi connectivity index (χ0v) is 19.6. The van der Waals surface area contributed by atoms with Crippen LogP contribution in [0, 0.1) is 19.7 Å². The first kappa shape index (κ1) is 23.1. The summed E-state index contributed by atoms with van der Waals surface area (Å²) in [5.41, 5.74) is 5.76. The maximum atomic E-state index is 13.3.